The Bertz CT molecular complexity index is 665. The quantitative estimate of drug-likeness (QED) is 0.780. The summed E-state index contributed by atoms with van der Waals surface area (Å²) in [7, 11) is 0. The number of anilines is 1. The average Bonchev–Trinajstić information content (AvgIpc) is 2.47. The molecular weight excluding hydrogens is 375 g/mol. The van der Waals surface area contributed by atoms with Crippen LogP contribution in [0.2, 0.25) is 0 Å². The van der Waals surface area contributed by atoms with Gasteiger partial charge >= 0.3 is 0 Å². The van der Waals surface area contributed by atoms with E-state index in [1.807, 2.05) is 20.8 Å². The number of nitrogens with zero attached hydrogens (tertiary/aromatic N) is 3. The maximum atomic E-state index is 13.4. The molecule has 1 atom stereocenters. The van der Waals surface area contributed by atoms with E-state index in [-0.39, 0.29) is 38.8 Å². The minimum absolute atomic E-state index is 0. The Kier molecular flexibility index (Phi) is 7.48. The van der Waals surface area contributed by atoms with Gasteiger partial charge in [0, 0.05) is 38.5 Å². The van der Waals surface area contributed by atoms with Crippen molar-refractivity contribution in [1.82, 2.24) is 15.0 Å². The third-order valence-corrected chi connectivity index (χ3v) is 3.25. The maximum Gasteiger partial charge on any atom is 0.224 e. The van der Waals surface area contributed by atoms with Gasteiger partial charge < -0.3 is 11.2 Å². The van der Waals surface area contributed by atoms with Crippen LogP contribution in [0.3, 0.4) is 0 Å². The second kappa shape index (κ2) is 8.64. The van der Waals surface area contributed by atoms with Gasteiger partial charge in [-0.25, -0.2) is 13.8 Å². The number of rotatable bonds is 5. The summed E-state index contributed by atoms with van der Waals surface area (Å²) in [5.41, 5.74) is 0.651. The van der Waals surface area contributed by atoms with Crippen LogP contribution in [-0.4, -0.2) is 15.0 Å². The van der Waals surface area contributed by atoms with Gasteiger partial charge in [-0.2, -0.15) is 18.8 Å². The fourth-order valence-electron chi connectivity index (χ4n) is 2.08. The maximum absolute atomic E-state index is 13.4. The smallest absolute Gasteiger partial charge is 0.224 e. The average molecular weight is 394 g/mol. The summed E-state index contributed by atoms with van der Waals surface area (Å²) in [5, 5.41) is 3.16. The molecule has 0 saturated heterocycles. The van der Waals surface area contributed by atoms with E-state index in [0.717, 1.165) is 12.0 Å². The number of nitrogens with one attached hydrogen (secondary N) is 1. The van der Waals surface area contributed by atoms with Gasteiger partial charge in [-0.05, 0) is 31.0 Å². The van der Waals surface area contributed by atoms with Crippen molar-refractivity contribution < 1.29 is 41.5 Å². The minimum atomic E-state index is -0.858. The molecule has 23 heavy (non-hydrogen) atoms. The van der Waals surface area contributed by atoms with E-state index in [4.69, 9.17) is 0 Å². The predicted molar refractivity (Wildman–Crippen MR) is 81.3 cm³/mol. The zero-order chi connectivity index (χ0) is 16.3. The Morgan fingerprint density at radius 1 is 1.13 bits per heavy atom. The first-order valence-corrected chi connectivity index (χ1v) is 7.15. The minimum Gasteiger partial charge on any atom is -0.347 e. The molecule has 1 aromatic heterocycles. The topological polar surface area (TPSA) is 50.7 Å². The van der Waals surface area contributed by atoms with Crippen LogP contribution in [0.5, 0.6) is 0 Å². The molecule has 1 heterocycles. The summed E-state index contributed by atoms with van der Waals surface area (Å²) in [6, 6.07) is 3.68. The first-order valence-electron chi connectivity index (χ1n) is 7.15. The van der Waals surface area contributed by atoms with E-state index < -0.39 is 11.6 Å². The van der Waals surface area contributed by atoms with Crippen molar-refractivity contribution in [3.05, 3.63) is 53.0 Å². The Morgan fingerprint density at radius 2 is 1.83 bits per heavy atom. The summed E-state index contributed by atoms with van der Waals surface area (Å²) < 4.78 is 26.5. The molecule has 0 aliphatic carbocycles. The first-order chi connectivity index (χ1) is 10.4. The van der Waals surface area contributed by atoms with E-state index in [1.54, 1.807) is 13.0 Å². The van der Waals surface area contributed by atoms with Gasteiger partial charge in [0.15, 0.2) is 11.6 Å². The molecule has 121 valence electrons. The van der Waals surface area contributed by atoms with Crippen LogP contribution in [0.1, 0.15) is 50.4 Å². The Balaban J connectivity index is 0.00000264. The number of benzene rings is 1. The van der Waals surface area contributed by atoms with Crippen LogP contribution < -0.4 is 5.32 Å². The molecule has 1 unspecified atom stereocenters. The molecule has 0 aliphatic heterocycles. The summed E-state index contributed by atoms with van der Waals surface area (Å²) in [5.74, 6) is 0.926. The Hall–Kier alpha value is -1.14. The van der Waals surface area contributed by atoms with Crippen LogP contribution in [-0.2, 0) is 32.7 Å². The van der Waals surface area contributed by atoms with Gasteiger partial charge in [0.1, 0.15) is 5.82 Å². The van der Waals surface area contributed by atoms with Crippen molar-refractivity contribution in [3.8, 4) is 0 Å². The summed E-state index contributed by atoms with van der Waals surface area (Å²) >= 11 is 0. The van der Waals surface area contributed by atoms with E-state index in [1.165, 1.54) is 6.07 Å². The van der Waals surface area contributed by atoms with Gasteiger partial charge in [-0.15, -0.1) is 0 Å². The van der Waals surface area contributed by atoms with Crippen molar-refractivity contribution in [2.24, 2.45) is 0 Å². The number of hydrogen-bond acceptors (Lipinski definition) is 4. The van der Waals surface area contributed by atoms with Crippen LogP contribution in [0.15, 0.2) is 18.2 Å². The zero-order valence-corrected chi connectivity index (χ0v) is 16.5. The number of hydrogen-bond donors (Lipinski definition) is 1. The molecule has 0 saturated carbocycles. The molecule has 0 amide bonds. The fourth-order valence-corrected chi connectivity index (χ4v) is 2.08. The second-order valence-electron chi connectivity index (χ2n) is 5.31. The third kappa shape index (κ3) is 5.18. The molecule has 0 fully saturated rings. The molecule has 1 aromatic carbocycles. The molecular formula is C16H19F2N4Y-. The summed E-state index contributed by atoms with van der Waals surface area (Å²) in [6.45, 7) is 7.58. The largest absolute Gasteiger partial charge is 0.347 e. The monoisotopic (exact) mass is 394 g/mol. The number of halogens is 2. The molecule has 1 N–H and O–H groups in total. The second-order valence-corrected chi connectivity index (χ2v) is 5.31. The number of aryl methyl sites for hydroxylation is 1. The molecule has 4 nitrogen and oxygen atoms in total. The predicted octanol–water partition coefficient (Wildman–Crippen LogP) is 3.98. The van der Waals surface area contributed by atoms with Crippen LogP contribution in [0.4, 0.5) is 14.7 Å². The van der Waals surface area contributed by atoms with Crippen molar-refractivity contribution in [2.45, 2.75) is 40.2 Å². The van der Waals surface area contributed by atoms with Crippen LogP contribution in [0.25, 0.3) is 0 Å². The van der Waals surface area contributed by atoms with Crippen molar-refractivity contribution in [2.75, 3.05) is 5.32 Å². The SMILES string of the molecule is CCC(Nc1nc(C)nc([C-](C)C)n1)c1ccc(F)c(F)c1.[Y]. The molecule has 2 aromatic rings. The van der Waals surface area contributed by atoms with E-state index >= 15 is 0 Å². The molecule has 0 bridgehead atoms. The first kappa shape index (κ1) is 19.9. The number of aromatic nitrogens is 3. The van der Waals surface area contributed by atoms with E-state index in [0.29, 0.717) is 29.6 Å². The van der Waals surface area contributed by atoms with Crippen molar-refractivity contribution in [1.29, 1.82) is 0 Å². The van der Waals surface area contributed by atoms with Gasteiger partial charge in [0.2, 0.25) is 5.95 Å². The van der Waals surface area contributed by atoms with E-state index in [9.17, 15) is 8.78 Å². The van der Waals surface area contributed by atoms with Crippen molar-refractivity contribution >= 4 is 5.95 Å². The molecule has 0 aliphatic rings. The molecule has 2 rings (SSSR count). The fraction of sp³-hybridized carbons (Fsp3) is 0.375. The van der Waals surface area contributed by atoms with Gasteiger partial charge in [0.05, 0.1) is 6.04 Å². The van der Waals surface area contributed by atoms with Gasteiger partial charge in [-0.3, -0.25) is 4.98 Å². The standard InChI is InChI=1S/C16H19F2N4.Y/c1-5-14(11-6-7-12(17)13(18)8-11)21-16-20-10(4)19-15(22-16)9(2)3;/h6-8,14H,5H2,1-4H3,(H,19,20,21,22);/q-1;. The zero-order valence-electron chi connectivity index (χ0n) is 13.7. The van der Waals surface area contributed by atoms with Gasteiger partial charge in [0.25, 0.3) is 0 Å². The third-order valence-electron chi connectivity index (χ3n) is 3.25. The Labute approximate surface area is 160 Å². The van der Waals surface area contributed by atoms with E-state index in [2.05, 4.69) is 20.3 Å². The molecule has 0 spiro atoms. The molecule has 7 heteroatoms. The Morgan fingerprint density at radius 3 is 2.39 bits per heavy atom. The summed E-state index contributed by atoms with van der Waals surface area (Å²) in [4.78, 5) is 12.9. The van der Waals surface area contributed by atoms with Crippen LogP contribution >= 0.6 is 0 Å². The van der Waals surface area contributed by atoms with Gasteiger partial charge in [-0.1, -0.05) is 13.0 Å². The summed E-state index contributed by atoms with van der Waals surface area (Å²) in [6.07, 6.45) is 0.681. The normalized spacial score (nSPS) is 11.6. The van der Waals surface area contributed by atoms with Crippen LogP contribution in [0, 0.1) is 24.5 Å². The van der Waals surface area contributed by atoms with Crippen molar-refractivity contribution in [3.63, 3.8) is 0 Å². The molecule has 1 radical (unpaired) electrons.